The van der Waals surface area contributed by atoms with Gasteiger partial charge < -0.3 is 10.1 Å². The van der Waals surface area contributed by atoms with Crippen LogP contribution in [0.3, 0.4) is 0 Å². The minimum Gasteiger partial charge on any atom is -0.378 e. The molecule has 1 fully saturated rings. The second-order valence-corrected chi connectivity index (χ2v) is 7.97. The molecule has 1 aliphatic rings. The molecule has 1 aromatic carbocycles. The molecule has 1 aromatic rings. The van der Waals surface area contributed by atoms with Gasteiger partial charge in [0.1, 0.15) is 0 Å². The van der Waals surface area contributed by atoms with Gasteiger partial charge in [0.05, 0.1) is 17.9 Å². The predicted molar refractivity (Wildman–Crippen MR) is 102 cm³/mol. The summed E-state index contributed by atoms with van der Waals surface area (Å²) in [5, 5.41) is 3.15. The highest BCUT2D eigenvalue weighted by atomic mass is 32.2. The fourth-order valence-electron chi connectivity index (χ4n) is 3.26. The maximum absolute atomic E-state index is 12.3. The van der Waals surface area contributed by atoms with Crippen LogP contribution in [0.2, 0.25) is 0 Å². The Morgan fingerprint density at radius 3 is 2.54 bits per heavy atom. The number of hydrogen-bond acceptors (Lipinski definition) is 4. The van der Waals surface area contributed by atoms with Crippen LogP contribution in [-0.2, 0) is 15.3 Å². The van der Waals surface area contributed by atoms with Gasteiger partial charge in [-0.15, -0.1) is 11.8 Å². The zero-order valence-electron chi connectivity index (χ0n) is 15.5. The second kappa shape index (κ2) is 8.88. The van der Waals surface area contributed by atoms with Gasteiger partial charge in [-0.2, -0.15) is 0 Å². The minimum absolute atomic E-state index is 0.0840. The number of rotatable bonds is 7. The lowest BCUT2D eigenvalue weighted by atomic mass is 10.1. The Morgan fingerprint density at radius 2 is 1.96 bits per heavy atom. The fourth-order valence-corrected chi connectivity index (χ4v) is 4.04. The smallest absolute Gasteiger partial charge is 0.230 e. The summed E-state index contributed by atoms with van der Waals surface area (Å²) in [6.45, 7) is 10.3. The first-order chi connectivity index (χ1) is 11.4. The van der Waals surface area contributed by atoms with Crippen LogP contribution in [0.25, 0.3) is 0 Å². The van der Waals surface area contributed by atoms with Crippen molar-refractivity contribution >= 4 is 17.7 Å². The number of hydrogen-bond donors (Lipinski definition) is 1. The van der Waals surface area contributed by atoms with Crippen LogP contribution < -0.4 is 5.32 Å². The first-order valence-electron chi connectivity index (χ1n) is 8.60. The molecule has 1 amide bonds. The van der Waals surface area contributed by atoms with Crippen LogP contribution in [0.15, 0.2) is 18.2 Å². The molecule has 134 valence electrons. The average Bonchev–Trinajstić information content (AvgIpc) is 2.89. The first kappa shape index (κ1) is 19.3. The molecule has 0 aromatic heterocycles. The molecule has 5 heteroatoms. The monoisotopic (exact) mass is 350 g/mol. The van der Waals surface area contributed by atoms with E-state index in [4.69, 9.17) is 4.74 Å². The van der Waals surface area contributed by atoms with Gasteiger partial charge in [-0.25, -0.2) is 0 Å². The SMILES string of the molecule is CO[C@@H]1CN(C(C)C)C[C@H]1NC(=O)CSCc1cc(C)cc(C)c1. The van der Waals surface area contributed by atoms with Crippen molar-refractivity contribution in [3.8, 4) is 0 Å². The standard InChI is InChI=1S/C19H30N2O2S/c1-13(2)21-9-17(18(10-21)23-5)20-19(22)12-24-11-16-7-14(3)6-15(4)8-16/h6-8,13,17-18H,9-12H2,1-5H3,(H,20,22)/t17-,18-/m1/s1. The highest BCUT2D eigenvalue weighted by Gasteiger charge is 2.34. The Bertz CT molecular complexity index is 542. The topological polar surface area (TPSA) is 41.6 Å². The molecule has 2 rings (SSSR count). The summed E-state index contributed by atoms with van der Waals surface area (Å²) < 4.78 is 5.54. The molecular formula is C19H30N2O2S. The lowest BCUT2D eigenvalue weighted by molar-refractivity contribution is -0.119. The van der Waals surface area contributed by atoms with Crippen molar-refractivity contribution in [2.45, 2.75) is 51.6 Å². The number of benzene rings is 1. The van der Waals surface area contributed by atoms with Crippen molar-refractivity contribution in [2.75, 3.05) is 26.0 Å². The fraction of sp³-hybridized carbons (Fsp3) is 0.632. The molecule has 0 aliphatic carbocycles. The van der Waals surface area contributed by atoms with Gasteiger partial charge >= 0.3 is 0 Å². The number of thioether (sulfide) groups is 1. The predicted octanol–water partition coefficient (Wildman–Crippen LogP) is 2.76. The molecule has 0 unspecified atom stereocenters. The van der Waals surface area contributed by atoms with Crippen molar-refractivity contribution in [1.29, 1.82) is 0 Å². The van der Waals surface area contributed by atoms with E-state index in [2.05, 4.69) is 56.1 Å². The van der Waals surface area contributed by atoms with Crippen molar-refractivity contribution in [3.63, 3.8) is 0 Å². The number of aryl methyl sites for hydroxylation is 2. The maximum Gasteiger partial charge on any atom is 0.230 e. The molecule has 4 nitrogen and oxygen atoms in total. The summed E-state index contributed by atoms with van der Waals surface area (Å²) in [5.41, 5.74) is 3.84. The quantitative estimate of drug-likeness (QED) is 0.821. The van der Waals surface area contributed by atoms with E-state index in [0.717, 1.165) is 18.8 Å². The molecule has 0 saturated carbocycles. The van der Waals surface area contributed by atoms with E-state index in [-0.39, 0.29) is 18.1 Å². The van der Waals surface area contributed by atoms with Gasteiger partial charge in [0, 0.05) is 32.0 Å². The summed E-state index contributed by atoms with van der Waals surface area (Å²) in [6.07, 6.45) is 0.0840. The number of nitrogens with zero attached hydrogens (tertiary/aromatic N) is 1. The van der Waals surface area contributed by atoms with Gasteiger partial charge in [-0.1, -0.05) is 29.3 Å². The van der Waals surface area contributed by atoms with Crippen LogP contribution >= 0.6 is 11.8 Å². The molecule has 1 aliphatic heterocycles. The lowest BCUT2D eigenvalue weighted by Crippen LogP contribution is -2.44. The molecule has 24 heavy (non-hydrogen) atoms. The second-order valence-electron chi connectivity index (χ2n) is 6.98. The van der Waals surface area contributed by atoms with Crippen LogP contribution in [-0.4, -0.2) is 54.9 Å². The molecule has 2 atom stereocenters. The van der Waals surface area contributed by atoms with E-state index < -0.39 is 0 Å². The maximum atomic E-state index is 12.3. The number of likely N-dealkylation sites (tertiary alicyclic amines) is 1. The van der Waals surface area contributed by atoms with Crippen LogP contribution in [0.5, 0.6) is 0 Å². The van der Waals surface area contributed by atoms with Crippen molar-refractivity contribution in [3.05, 3.63) is 34.9 Å². The molecule has 1 N–H and O–H groups in total. The molecule has 0 radical (unpaired) electrons. The Kier molecular flexibility index (Phi) is 7.14. The number of ether oxygens (including phenoxy) is 1. The van der Waals surface area contributed by atoms with E-state index in [1.165, 1.54) is 16.7 Å². The summed E-state index contributed by atoms with van der Waals surface area (Å²) in [5.74, 6) is 1.45. The molecule has 1 heterocycles. The van der Waals surface area contributed by atoms with Crippen molar-refractivity contribution < 1.29 is 9.53 Å². The van der Waals surface area contributed by atoms with Crippen LogP contribution in [0.4, 0.5) is 0 Å². The zero-order chi connectivity index (χ0) is 17.7. The molecule has 0 bridgehead atoms. The van der Waals surface area contributed by atoms with Gasteiger partial charge in [-0.3, -0.25) is 9.69 Å². The van der Waals surface area contributed by atoms with Gasteiger partial charge in [0.15, 0.2) is 0 Å². The largest absolute Gasteiger partial charge is 0.378 e. The molecular weight excluding hydrogens is 320 g/mol. The third-order valence-electron chi connectivity index (χ3n) is 4.46. The number of nitrogens with one attached hydrogen (secondary N) is 1. The van der Waals surface area contributed by atoms with Gasteiger partial charge in [0.2, 0.25) is 5.91 Å². The van der Waals surface area contributed by atoms with E-state index in [0.29, 0.717) is 11.8 Å². The Morgan fingerprint density at radius 1 is 1.29 bits per heavy atom. The van der Waals surface area contributed by atoms with Gasteiger partial charge in [-0.05, 0) is 33.3 Å². The third kappa shape index (κ3) is 5.50. The Labute approximate surface area is 150 Å². The Balaban J connectivity index is 1.78. The van der Waals surface area contributed by atoms with E-state index >= 15 is 0 Å². The van der Waals surface area contributed by atoms with Gasteiger partial charge in [0.25, 0.3) is 0 Å². The summed E-state index contributed by atoms with van der Waals surface area (Å²) in [4.78, 5) is 14.6. The van der Waals surface area contributed by atoms with E-state index in [1.54, 1.807) is 18.9 Å². The summed E-state index contributed by atoms with van der Waals surface area (Å²) >= 11 is 1.66. The minimum atomic E-state index is 0.0840. The highest BCUT2D eigenvalue weighted by molar-refractivity contribution is 7.99. The number of methoxy groups -OCH3 is 1. The molecule has 0 spiro atoms. The first-order valence-corrected chi connectivity index (χ1v) is 9.75. The summed E-state index contributed by atoms with van der Waals surface area (Å²) in [7, 11) is 1.72. The lowest BCUT2D eigenvalue weighted by Gasteiger charge is -2.20. The average molecular weight is 351 g/mol. The highest BCUT2D eigenvalue weighted by Crippen LogP contribution is 2.18. The Hall–Kier alpha value is -1.04. The number of carbonyl (C=O) groups is 1. The van der Waals surface area contributed by atoms with E-state index in [9.17, 15) is 4.79 Å². The third-order valence-corrected chi connectivity index (χ3v) is 5.46. The summed E-state index contributed by atoms with van der Waals surface area (Å²) in [6, 6.07) is 7.12. The van der Waals surface area contributed by atoms with Crippen LogP contribution in [0, 0.1) is 13.8 Å². The number of amides is 1. The normalized spacial score (nSPS) is 21.4. The molecule has 1 saturated heterocycles. The van der Waals surface area contributed by atoms with E-state index in [1.807, 2.05) is 0 Å². The van der Waals surface area contributed by atoms with Crippen molar-refractivity contribution in [1.82, 2.24) is 10.2 Å². The van der Waals surface area contributed by atoms with Crippen LogP contribution in [0.1, 0.15) is 30.5 Å². The van der Waals surface area contributed by atoms with Crippen molar-refractivity contribution in [2.24, 2.45) is 0 Å². The zero-order valence-corrected chi connectivity index (χ0v) is 16.3. The number of carbonyl (C=O) groups excluding carboxylic acids is 1.